The normalized spacial score (nSPS) is 21.9. The molecule has 1 radical (unpaired) electrons. The standard InChI is InChI=1S/C6H12N/c1-2-4-7-5-3-6-7/h1-6H2. The van der Waals surface area contributed by atoms with Crippen LogP contribution in [0.5, 0.6) is 0 Å². The van der Waals surface area contributed by atoms with Gasteiger partial charge in [-0.15, -0.1) is 0 Å². The first-order chi connectivity index (χ1) is 3.43. The number of nitrogens with zero attached hydrogens (tertiary/aromatic N) is 1. The van der Waals surface area contributed by atoms with Gasteiger partial charge in [0.15, 0.2) is 0 Å². The Balaban J connectivity index is 1.93. The van der Waals surface area contributed by atoms with Gasteiger partial charge in [0.05, 0.1) is 0 Å². The third kappa shape index (κ3) is 1.16. The van der Waals surface area contributed by atoms with E-state index >= 15 is 0 Å². The number of hydrogen-bond donors (Lipinski definition) is 0. The van der Waals surface area contributed by atoms with E-state index in [4.69, 9.17) is 0 Å². The topological polar surface area (TPSA) is 3.24 Å². The Bertz CT molecular complexity index is 48.1. The highest BCUT2D eigenvalue weighted by molar-refractivity contribution is 4.67. The molecule has 1 fully saturated rings. The SMILES string of the molecule is [CH2]CCN1CCC1. The molecular formula is C6H12N. The maximum Gasteiger partial charge on any atom is -0.000654 e. The Morgan fingerprint density at radius 1 is 1.43 bits per heavy atom. The van der Waals surface area contributed by atoms with Crippen molar-refractivity contribution in [3.63, 3.8) is 0 Å². The zero-order chi connectivity index (χ0) is 5.11. The van der Waals surface area contributed by atoms with Gasteiger partial charge in [-0.2, -0.15) is 0 Å². The largest absolute Gasteiger partial charge is 0.303 e. The van der Waals surface area contributed by atoms with Gasteiger partial charge in [0, 0.05) is 0 Å². The molecule has 0 aromatic heterocycles. The zero-order valence-electron chi connectivity index (χ0n) is 4.69. The van der Waals surface area contributed by atoms with Crippen LogP contribution >= 0.6 is 0 Å². The molecule has 1 heterocycles. The Morgan fingerprint density at radius 2 is 2.14 bits per heavy atom. The van der Waals surface area contributed by atoms with E-state index in [1.807, 2.05) is 0 Å². The summed E-state index contributed by atoms with van der Waals surface area (Å²) in [6.07, 6.45) is 2.47. The molecule has 0 aromatic carbocycles. The summed E-state index contributed by atoms with van der Waals surface area (Å²) in [5.74, 6) is 0. The molecule has 0 aromatic rings. The summed E-state index contributed by atoms with van der Waals surface area (Å²) in [6, 6.07) is 0. The number of rotatable bonds is 2. The first-order valence-electron chi connectivity index (χ1n) is 2.95. The van der Waals surface area contributed by atoms with E-state index in [-0.39, 0.29) is 0 Å². The van der Waals surface area contributed by atoms with Crippen molar-refractivity contribution in [2.45, 2.75) is 12.8 Å². The summed E-state index contributed by atoms with van der Waals surface area (Å²) in [6.45, 7) is 7.60. The molecule has 0 unspecified atom stereocenters. The summed E-state index contributed by atoms with van der Waals surface area (Å²) in [7, 11) is 0. The fourth-order valence-corrected chi connectivity index (χ4v) is 0.829. The highest BCUT2D eigenvalue weighted by atomic mass is 15.2. The fourth-order valence-electron chi connectivity index (χ4n) is 0.829. The second-order valence-electron chi connectivity index (χ2n) is 2.05. The summed E-state index contributed by atoms with van der Waals surface area (Å²) in [4.78, 5) is 2.42. The van der Waals surface area contributed by atoms with Crippen molar-refractivity contribution in [1.29, 1.82) is 0 Å². The van der Waals surface area contributed by atoms with Gasteiger partial charge in [-0.3, -0.25) is 0 Å². The Kier molecular flexibility index (Phi) is 1.69. The molecule has 7 heavy (non-hydrogen) atoms. The quantitative estimate of drug-likeness (QED) is 0.496. The van der Waals surface area contributed by atoms with Crippen LogP contribution in [0.2, 0.25) is 0 Å². The fraction of sp³-hybridized carbons (Fsp3) is 0.833. The number of hydrogen-bond acceptors (Lipinski definition) is 1. The van der Waals surface area contributed by atoms with Gasteiger partial charge < -0.3 is 4.90 Å². The van der Waals surface area contributed by atoms with Gasteiger partial charge in [-0.25, -0.2) is 0 Å². The van der Waals surface area contributed by atoms with Crippen LogP contribution in [0.25, 0.3) is 0 Å². The molecule has 0 bridgehead atoms. The molecule has 1 aliphatic rings. The minimum Gasteiger partial charge on any atom is -0.303 e. The average molecular weight is 98.2 g/mol. The van der Waals surface area contributed by atoms with Crippen molar-refractivity contribution in [3.05, 3.63) is 6.92 Å². The summed E-state index contributed by atoms with van der Waals surface area (Å²) in [5.41, 5.74) is 0. The van der Waals surface area contributed by atoms with E-state index < -0.39 is 0 Å². The van der Waals surface area contributed by atoms with Crippen molar-refractivity contribution in [2.24, 2.45) is 0 Å². The van der Waals surface area contributed by atoms with Gasteiger partial charge in [0.2, 0.25) is 0 Å². The highest BCUT2D eigenvalue weighted by Gasteiger charge is 2.10. The Hall–Kier alpha value is -0.0400. The summed E-state index contributed by atoms with van der Waals surface area (Å²) in [5, 5.41) is 0. The van der Waals surface area contributed by atoms with Crippen molar-refractivity contribution in [3.8, 4) is 0 Å². The first kappa shape index (κ1) is 5.10. The van der Waals surface area contributed by atoms with Crippen LogP contribution < -0.4 is 0 Å². The molecule has 0 aliphatic carbocycles. The monoisotopic (exact) mass is 98.1 g/mol. The molecule has 1 heteroatoms. The molecule has 1 rings (SSSR count). The molecule has 1 aliphatic heterocycles. The third-order valence-electron chi connectivity index (χ3n) is 1.42. The lowest BCUT2D eigenvalue weighted by Gasteiger charge is -2.29. The molecule has 41 valence electrons. The van der Waals surface area contributed by atoms with Gasteiger partial charge in [-0.1, -0.05) is 6.92 Å². The van der Waals surface area contributed by atoms with Crippen molar-refractivity contribution >= 4 is 0 Å². The average Bonchev–Trinajstić information content (AvgIpc) is 1.55. The Morgan fingerprint density at radius 3 is 2.29 bits per heavy atom. The van der Waals surface area contributed by atoms with Gasteiger partial charge in [0.1, 0.15) is 0 Å². The van der Waals surface area contributed by atoms with Gasteiger partial charge >= 0.3 is 0 Å². The smallest absolute Gasteiger partial charge is 0.000654 e. The van der Waals surface area contributed by atoms with Crippen molar-refractivity contribution < 1.29 is 0 Å². The second-order valence-corrected chi connectivity index (χ2v) is 2.05. The molecule has 1 nitrogen and oxygen atoms in total. The highest BCUT2D eigenvalue weighted by Crippen LogP contribution is 2.04. The maximum atomic E-state index is 3.77. The molecule has 0 saturated carbocycles. The van der Waals surface area contributed by atoms with Crippen LogP contribution in [0.15, 0.2) is 0 Å². The van der Waals surface area contributed by atoms with E-state index in [0.29, 0.717) is 0 Å². The van der Waals surface area contributed by atoms with Crippen LogP contribution in [-0.2, 0) is 0 Å². The van der Waals surface area contributed by atoms with E-state index in [1.165, 1.54) is 26.1 Å². The lowest BCUT2D eigenvalue weighted by Crippen LogP contribution is -2.37. The van der Waals surface area contributed by atoms with Crippen molar-refractivity contribution in [1.82, 2.24) is 4.90 Å². The Labute approximate surface area is 45.3 Å². The molecule has 0 amide bonds. The van der Waals surface area contributed by atoms with Gasteiger partial charge in [-0.05, 0) is 32.5 Å². The predicted molar refractivity (Wildman–Crippen MR) is 31.0 cm³/mol. The van der Waals surface area contributed by atoms with Gasteiger partial charge in [0.25, 0.3) is 0 Å². The second kappa shape index (κ2) is 2.31. The zero-order valence-corrected chi connectivity index (χ0v) is 4.69. The van der Waals surface area contributed by atoms with E-state index in [9.17, 15) is 0 Å². The minimum atomic E-state index is 1.07. The van der Waals surface area contributed by atoms with Crippen molar-refractivity contribution in [2.75, 3.05) is 19.6 Å². The van der Waals surface area contributed by atoms with E-state index in [0.717, 1.165) is 6.42 Å². The van der Waals surface area contributed by atoms with Crippen LogP contribution in [0, 0.1) is 6.92 Å². The van der Waals surface area contributed by atoms with Crippen LogP contribution in [0.3, 0.4) is 0 Å². The van der Waals surface area contributed by atoms with E-state index in [2.05, 4.69) is 11.8 Å². The molecular weight excluding hydrogens is 86.1 g/mol. The summed E-state index contributed by atoms with van der Waals surface area (Å²) >= 11 is 0. The maximum absolute atomic E-state index is 3.77. The lowest BCUT2D eigenvalue weighted by molar-refractivity contribution is 0.185. The van der Waals surface area contributed by atoms with Crippen LogP contribution in [0.1, 0.15) is 12.8 Å². The number of likely N-dealkylation sites (tertiary alicyclic amines) is 1. The predicted octanol–water partition coefficient (Wildman–Crippen LogP) is 0.916. The van der Waals surface area contributed by atoms with Crippen LogP contribution in [0.4, 0.5) is 0 Å². The minimum absolute atomic E-state index is 1.07. The lowest BCUT2D eigenvalue weighted by atomic mass is 10.2. The molecule has 0 atom stereocenters. The molecule has 0 N–H and O–H groups in total. The summed E-state index contributed by atoms with van der Waals surface area (Å²) < 4.78 is 0. The van der Waals surface area contributed by atoms with E-state index in [1.54, 1.807) is 0 Å². The third-order valence-corrected chi connectivity index (χ3v) is 1.42. The van der Waals surface area contributed by atoms with Crippen LogP contribution in [-0.4, -0.2) is 24.5 Å². The first-order valence-corrected chi connectivity index (χ1v) is 2.95. The molecule has 1 saturated heterocycles. The molecule has 0 spiro atoms.